The van der Waals surface area contributed by atoms with Crippen molar-refractivity contribution in [3.05, 3.63) is 0 Å². The largest absolute Gasteiger partial charge is 0.450 e. The minimum absolute atomic E-state index is 0.0467. The summed E-state index contributed by atoms with van der Waals surface area (Å²) in [5, 5.41) is 9.33. The van der Waals surface area contributed by atoms with Crippen molar-refractivity contribution in [2.75, 3.05) is 26.2 Å². The summed E-state index contributed by atoms with van der Waals surface area (Å²) >= 11 is 0. The number of hydrogen-bond donors (Lipinski definition) is 3. The van der Waals surface area contributed by atoms with Crippen molar-refractivity contribution >= 4 is 12.1 Å². The SMILES string of the molecule is CCOC(=O)NC(CNC1=NCCCN1)CC(C)C. The van der Waals surface area contributed by atoms with E-state index in [-0.39, 0.29) is 12.1 Å². The number of alkyl carbamates (subject to hydrolysis) is 1. The number of nitrogens with zero attached hydrogens (tertiary/aromatic N) is 1. The lowest BCUT2D eigenvalue weighted by Gasteiger charge is -2.23. The number of aliphatic imine (C=N–C) groups is 1. The molecular formula is C13H26N4O2. The number of nitrogens with one attached hydrogen (secondary N) is 3. The molecule has 1 amide bonds. The molecule has 1 aliphatic heterocycles. The monoisotopic (exact) mass is 270 g/mol. The fourth-order valence-corrected chi connectivity index (χ4v) is 1.97. The fourth-order valence-electron chi connectivity index (χ4n) is 1.97. The van der Waals surface area contributed by atoms with Crippen LogP contribution >= 0.6 is 0 Å². The molecule has 3 N–H and O–H groups in total. The number of amides is 1. The summed E-state index contributed by atoms with van der Waals surface area (Å²) in [4.78, 5) is 15.8. The lowest BCUT2D eigenvalue weighted by molar-refractivity contribution is 0.146. The molecule has 1 heterocycles. The maximum atomic E-state index is 11.5. The molecule has 0 aromatic carbocycles. The van der Waals surface area contributed by atoms with Crippen LogP contribution in [0.15, 0.2) is 4.99 Å². The van der Waals surface area contributed by atoms with Crippen molar-refractivity contribution in [2.45, 2.75) is 39.7 Å². The van der Waals surface area contributed by atoms with Crippen LogP contribution in [-0.2, 0) is 4.74 Å². The van der Waals surface area contributed by atoms with Crippen LogP contribution in [0.3, 0.4) is 0 Å². The van der Waals surface area contributed by atoms with Crippen molar-refractivity contribution < 1.29 is 9.53 Å². The van der Waals surface area contributed by atoms with E-state index in [1.165, 1.54) is 0 Å². The predicted molar refractivity (Wildman–Crippen MR) is 76.3 cm³/mol. The normalized spacial score (nSPS) is 16.3. The van der Waals surface area contributed by atoms with Gasteiger partial charge in [0.05, 0.1) is 6.61 Å². The molecule has 0 aromatic heterocycles. The molecule has 110 valence electrons. The molecule has 0 saturated heterocycles. The van der Waals surface area contributed by atoms with Gasteiger partial charge in [-0.15, -0.1) is 0 Å². The maximum absolute atomic E-state index is 11.5. The van der Waals surface area contributed by atoms with Crippen molar-refractivity contribution in [1.29, 1.82) is 0 Å². The van der Waals surface area contributed by atoms with Crippen LogP contribution in [0.4, 0.5) is 4.79 Å². The van der Waals surface area contributed by atoms with E-state index in [1.807, 2.05) is 0 Å². The number of hydrogen-bond acceptors (Lipinski definition) is 5. The third-order valence-corrected chi connectivity index (χ3v) is 2.77. The molecule has 1 aliphatic rings. The number of guanidine groups is 1. The molecule has 0 radical (unpaired) electrons. The topological polar surface area (TPSA) is 74.8 Å². The van der Waals surface area contributed by atoms with Gasteiger partial charge in [0.25, 0.3) is 0 Å². The van der Waals surface area contributed by atoms with Crippen LogP contribution in [0.25, 0.3) is 0 Å². The van der Waals surface area contributed by atoms with E-state index in [2.05, 4.69) is 34.8 Å². The van der Waals surface area contributed by atoms with E-state index >= 15 is 0 Å². The average Bonchev–Trinajstić information content (AvgIpc) is 2.37. The Bertz CT molecular complexity index is 305. The zero-order chi connectivity index (χ0) is 14.1. The van der Waals surface area contributed by atoms with Crippen LogP contribution < -0.4 is 16.0 Å². The van der Waals surface area contributed by atoms with Gasteiger partial charge in [-0.05, 0) is 25.7 Å². The molecule has 0 aliphatic carbocycles. The van der Waals surface area contributed by atoms with E-state index < -0.39 is 0 Å². The first-order valence-electron chi connectivity index (χ1n) is 7.07. The van der Waals surface area contributed by atoms with E-state index in [1.54, 1.807) is 6.92 Å². The third kappa shape index (κ3) is 6.88. The van der Waals surface area contributed by atoms with Crippen molar-refractivity contribution in [1.82, 2.24) is 16.0 Å². The smallest absolute Gasteiger partial charge is 0.407 e. The highest BCUT2D eigenvalue weighted by molar-refractivity contribution is 5.80. The lowest BCUT2D eigenvalue weighted by Crippen LogP contribution is -2.48. The van der Waals surface area contributed by atoms with Crippen molar-refractivity contribution in [3.63, 3.8) is 0 Å². The Hall–Kier alpha value is -1.46. The Balaban J connectivity index is 2.39. The van der Waals surface area contributed by atoms with Gasteiger partial charge in [0.1, 0.15) is 0 Å². The number of carbonyl (C=O) groups is 1. The second-order valence-electron chi connectivity index (χ2n) is 5.08. The summed E-state index contributed by atoms with van der Waals surface area (Å²) < 4.78 is 4.92. The summed E-state index contributed by atoms with van der Waals surface area (Å²) in [5.74, 6) is 1.33. The molecule has 0 spiro atoms. The molecule has 0 aromatic rings. The van der Waals surface area contributed by atoms with Crippen LogP contribution in [0.1, 0.15) is 33.6 Å². The Kier molecular flexibility index (Phi) is 7.07. The molecule has 6 nitrogen and oxygen atoms in total. The van der Waals surface area contributed by atoms with Gasteiger partial charge in [-0.3, -0.25) is 4.99 Å². The van der Waals surface area contributed by atoms with E-state index in [0.717, 1.165) is 31.9 Å². The van der Waals surface area contributed by atoms with Crippen LogP contribution in [0.2, 0.25) is 0 Å². The van der Waals surface area contributed by atoms with Gasteiger partial charge in [-0.2, -0.15) is 0 Å². The summed E-state index contributed by atoms with van der Waals surface area (Å²) in [5.41, 5.74) is 0. The van der Waals surface area contributed by atoms with Gasteiger partial charge in [0.15, 0.2) is 5.96 Å². The zero-order valence-corrected chi connectivity index (χ0v) is 12.2. The third-order valence-electron chi connectivity index (χ3n) is 2.77. The summed E-state index contributed by atoms with van der Waals surface area (Å²) in [6.45, 7) is 8.93. The first-order chi connectivity index (χ1) is 9.11. The van der Waals surface area contributed by atoms with Gasteiger partial charge < -0.3 is 20.7 Å². The summed E-state index contributed by atoms with van der Waals surface area (Å²) in [6, 6.07) is 0.0467. The molecular weight excluding hydrogens is 244 g/mol. The number of ether oxygens (including phenoxy) is 1. The van der Waals surface area contributed by atoms with Gasteiger partial charge in [0, 0.05) is 25.7 Å². The highest BCUT2D eigenvalue weighted by Crippen LogP contribution is 2.04. The van der Waals surface area contributed by atoms with Crippen molar-refractivity contribution in [2.24, 2.45) is 10.9 Å². The molecule has 0 fully saturated rings. The summed E-state index contributed by atoms with van der Waals surface area (Å²) in [6.07, 6.45) is 1.62. The standard InChI is InChI=1S/C13H26N4O2/c1-4-19-13(18)17-11(8-10(2)3)9-16-12-14-6-5-7-15-12/h10-11H,4-9H2,1-3H3,(H,17,18)(H2,14,15,16). The number of carbonyl (C=O) groups excluding carboxylic acids is 1. The highest BCUT2D eigenvalue weighted by atomic mass is 16.5. The zero-order valence-electron chi connectivity index (χ0n) is 12.2. The average molecular weight is 270 g/mol. The van der Waals surface area contributed by atoms with Gasteiger partial charge in [-0.25, -0.2) is 4.79 Å². The molecule has 1 atom stereocenters. The lowest BCUT2D eigenvalue weighted by atomic mass is 10.0. The second kappa shape index (κ2) is 8.61. The van der Waals surface area contributed by atoms with E-state index in [9.17, 15) is 4.79 Å². The first kappa shape index (κ1) is 15.6. The Morgan fingerprint density at radius 1 is 1.53 bits per heavy atom. The second-order valence-corrected chi connectivity index (χ2v) is 5.08. The highest BCUT2D eigenvalue weighted by Gasteiger charge is 2.15. The quantitative estimate of drug-likeness (QED) is 0.675. The fraction of sp³-hybridized carbons (Fsp3) is 0.846. The minimum Gasteiger partial charge on any atom is -0.450 e. The maximum Gasteiger partial charge on any atom is 0.407 e. The molecule has 0 saturated carbocycles. The predicted octanol–water partition coefficient (Wildman–Crippen LogP) is 1.09. The number of rotatable bonds is 6. The van der Waals surface area contributed by atoms with Crippen LogP contribution in [-0.4, -0.2) is 44.3 Å². The Morgan fingerprint density at radius 3 is 2.89 bits per heavy atom. The Morgan fingerprint density at radius 2 is 2.32 bits per heavy atom. The molecule has 0 bridgehead atoms. The van der Waals surface area contributed by atoms with Crippen LogP contribution in [0.5, 0.6) is 0 Å². The Labute approximate surface area is 115 Å². The van der Waals surface area contributed by atoms with Crippen LogP contribution in [0, 0.1) is 5.92 Å². The van der Waals surface area contributed by atoms with E-state index in [0.29, 0.717) is 19.1 Å². The van der Waals surface area contributed by atoms with Crippen molar-refractivity contribution in [3.8, 4) is 0 Å². The molecule has 1 rings (SSSR count). The summed E-state index contributed by atoms with van der Waals surface area (Å²) in [7, 11) is 0. The first-order valence-corrected chi connectivity index (χ1v) is 7.07. The molecule has 6 heteroatoms. The molecule has 19 heavy (non-hydrogen) atoms. The molecule has 1 unspecified atom stereocenters. The van der Waals surface area contributed by atoms with Gasteiger partial charge in [-0.1, -0.05) is 13.8 Å². The van der Waals surface area contributed by atoms with E-state index in [4.69, 9.17) is 4.74 Å². The van der Waals surface area contributed by atoms with Gasteiger partial charge >= 0.3 is 6.09 Å². The minimum atomic E-state index is -0.353. The van der Waals surface area contributed by atoms with Gasteiger partial charge in [0.2, 0.25) is 0 Å².